The highest BCUT2D eigenvalue weighted by molar-refractivity contribution is 5.81. The predicted molar refractivity (Wildman–Crippen MR) is 101 cm³/mol. The summed E-state index contributed by atoms with van der Waals surface area (Å²) in [4.78, 5) is 19.7. The number of methoxy groups -OCH3 is 2. The van der Waals surface area contributed by atoms with Crippen molar-refractivity contribution < 1.29 is 9.47 Å². The second kappa shape index (κ2) is 6.71. The minimum Gasteiger partial charge on any atom is -0.481 e. The fourth-order valence-corrected chi connectivity index (χ4v) is 3.48. The third-order valence-electron chi connectivity index (χ3n) is 4.84. The molecule has 0 unspecified atom stereocenters. The molecule has 2 N–H and O–H groups in total. The Morgan fingerprint density at radius 3 is 2.69 bits per heavy atom. The second-order valence-corrected chi connectivity index (χ2v) is 6.45. The summed E-state index contributed by atoms with van der Waals surface area (Å²) in [6, 6.07) is 9.86. The van der Waals surface area contributed by atoms with Crippen LogP contribution in [0.15, 0.2) is 35.1 Å². The lowest BCUT2D eigenvalue weighted by molar-refractivity contribution is 0.366. The highest BCUT2D eigenvalue weighted by Crippen LogP contribution is 2.27. The van der Waals surface area contributed by atoms with Gasteiger partial charge in [0, 0.05) is 23.7 Å². The quantitative estimate of drug-likeness (QED) is 0.739. The molecule has 0 amide bonds. The number of anilines is 1. The summed E-state index contributed by atoms with van der Waals surface area (Å²) in [7, 11) is 3.11. The smallest absolute Gasteiger partial charge is 0.253 e. The summed E-state index contributed by atoms with van der Waals surface area (Å²) in [5.74, 6) is 0.907. The van der Waals surface area contributed by atoms with E-state index in [2.05, 4.69) is 27.4 Å². The Balaban J connectivity index is 1.62. The summed E-state index contributed by atoms with van der Waals surface area (Å²) >= 11 is 0. The van der Waals surface area contributed by atoms with Crippen molar-refractivity contribution in [2.24, 2.45) is 0 Å². The van der Waals surface area contributed by atoms with E-state index in [1.54, 1.807) is 20.3 Å². The first-order valence-electron chi connectivity index (χ1n) is 8.68. The molecule has 0 spiro atoms. The van der Waals surface area contributed by atoms with Gasteiger partial charge in [-0.1, -0.05) is 0 Å². The molecule has 0 saturated carbocycles. The van der Waals surface area contributed by atoms with Crippen molar-refractivity contribution in [3.8, 4) is 11.8 Å². The number of aromatic nitrogens is 2. The number of nitrogens with one attached hydrogen (secondary N) is 2. The van der Waals surface area contributed by atoms with E-state index >= 15 is 0 Å². The van der Waals surface area contributed by atoms with Crippen LogP contribution in [0.2, 0.25) is 0 Å². The molecule has 1 aliphatic rings. The second-order valence-electron chi connectivity index (χ2n) is 6.45. The monoisotopic (exact) mass is 351 g/mol. The van der Waals surface area contributed by atoms with Crippen LogP contribution in [0, 0.1) is 0 Å². The molecule has 3 aromatic rings. The summed E-state index contributed by atoms with van der Waals surface area (Å²) in [5, 5.41) is 4.30. The van der Waals surface area contributed by atoms with Crippen LogP contribution in [0.25, 0.3) is 10.9 Å². The number of aromatic amines is 1. The van der Waals surface area contributed by atoms with Gasteiger partial charge in [0.15, 0.2) is 0 Å². The third-order valence-corrected chi connectivity index (χ3v) is 4.84. The number of H-pyrrole nitrogens is 1. The number of pyridine rings is 2. The van der Waals surface area contributed by atoms with E-state index in [9.17, 15) is 4.79 Å². The highest BCUT2D eigenvalue weighted by Gasteiger charge is 2.13. The van der Waals surface area contributed by atoms with Crippen LogP contribution in [0.3, 0.4) is 0 Å². The fourth-order valence-electron chi connectivity index (χ4n) is 3.48. The third kappa shape index (κ3) is 2.98. The largest absolute Gasteiger partial charge is 0.481 e. The van der Waals surface area contributed by atoms with Crippen LogP contribution < -0.4 is 20.3 Å². The van der Waals surface area contributed by atoms with Crippen LogP contribution >= 0.6 is 0 Å². The maximum absolute atomic E-state index is 12.4. The van der Waals surface area contributed by atoms with E-state index in [0.717, 1.165) is 23.7 Å². The topological polar surface area (TPSA) is 76.2 Å². The molecule has 134 valence electrons. The normalized spacial score (nSPS) is 12.8. The van der Waals surface area contributed by atoms with Gasteiger partial charge in [0.25, 0.3) is 5.56 Å². The maximum atomic E-state index is 12.4. The van der Waals surface area contributed by atoms with Gasteiger partial charge in [0.05, 0.1) is 19.9 Å². The molecule has 6 nitrogen and oxygen atoms in total. The predicted octanol–water partition coefficient (Wildman–Crippen LogP) is 3.04. The Morgan fingerprint density at radius 2 is 1.92 bits per heavy atom. The number of fused-ring (bicyclic) bond motifs is 2. The number of aryl methyl sites for hydroxylation is 2. The van der Waals surface area contributed by atoms with Crippen molar-refractivity contribution in [2.75, 3.05) is 19.5 Å². The van der Waals surface area contributed by atoms with E-state index < -0.39 is 0 Å². The summed E-state index contributed by atoms with van der Waals surface area (Å²) in [6.07, 6.45) is 3.40. The Bertz CT molecular complexity index is 1030. The number of rotatable bonds is 5. The summed E-state index contributed by atoms with van der Waals surface area (Å²) < 4.78 is 10.4. The number of hydrogen-bond donors (Lipinski definition) is 2. The van der Waals surface area contributed by atoms with E-state index in [0.29, 0.717) is 29.6 Å². The molecule has 26 heavy (non-hydrogen) atoms. The highest BCUT2D eigenvalue weighted by atomic mass is 16.5. The summed E-state index contributed by atoms with van der Waals surface area (Å²) in [6.45, 7) is 0.382. The fraction of sp³-hybridized carbons (Fsp3) is 0.300. The Hall–Kier alpha value is -3.02. The molecule has 1 aliphatic carbocycles. The van der Waals surface area contributed by atoms with Gasteiger partial charge >= 0.3 is 0 Å². The van der Waals surface area contributed by atoms with E-state index in [1.807, 2.05) is 12.1 Å². The molecule has 0 atom stereocenters. The molecule has 2 heterocycles. The minimum absolute atomic E-state index is 0.0802. The molecule has 0 aliphatic heterocycles. The number of nitrogens with zero attached hydrogens (tertiary/aromatic N) is 1. The number of ether oxygens (including phenoxy) is 2. The zero-order chi connectivity index (χ0) is 18.1. The van der Waals surface area contributed by atoms with Crippen LogP contribution in [-0.4, -0.2) is 24.2 Å². The Kier molecular flexibility index (Phi) is 4.24. The van der Waals surface area contributed by atoms with E-state index in [4.69, 9.17) is 9.47 Å². The van der Waals surface area contributed by atoms with Gasteiger partial charge in [-0.05, 0) is 60.0 Å². The van der Waals surface area contributed by atoms with Crippen molar-refractivity contribution in [1.29, 1.82) is 0 Å². The van der Waals surface area contributed by atoms with Crippen molar-refractivity contribution >= 4 is 16.6 Å². The van der Waals surface area contributed by atoms with Crippen LogP contribution in [0.4, 0.5) is 5.69 Å². The first-order chi connectivity index (χ1) is 12.7. The SMILES string of the molecule is COc1ccc(NCc2cc3cc4c(cc3[nH]c2=O)CCC4)c(OC)n1. The lowest BCUT2D eigenvalue weighted by Crippen LogP contribution is -2.16. The van der Waals surface area contributed by atoms with Crippen LogP contribution in [0.5, 0.6) is 11.8 Å². The van der Waals surface area contributed by atoms with Gasteiger partial charge in [0.2, 0.25) is 11.8 Å². The molecule has 0 radical (unpaired) electrons. The van der Waals surface area contributed by atoms with Crippen molar-refractivity contribution in [3.05, 3.63) is 57.4 Å². The minimum atomic E-state index is -0.0802. The lowest BCUT2D eigenvalue weighted by atomic mass is 10.0. The Morgan fingerprint density at radius 1 is 1.12 bits per heavy atom. The van der Waals surface area contributed by atoms with Gasteiger partial charge in [-0.15, -0.1) is 0 Å². The van der Waals surface area contributed by atoms with Crippen LogP contribution in [0.1, 0.15) is 23.1 Å². The average molecular weight is 351 g/mol. The molecule has 0 saturated heterocycles. The van der Waals surface area contributed by atoms with Crippen LogP contribution in [-0.2, 0) is 19.4 Å². The van der Waals surface area contributed by atoms with E-state index in [-0.39, 0.29) is 5.56 Å². The van der Waals surface area contributed by atoms with Crippen molar-refractivity contribution in [2.45, 2.75) is 25.8 Å². The van der Waals surface area contributed by atoms with Gasteiger partial charge in [-0.3, -0.25) is 4.79 Å². The van der Waals surface area contributed by atoms with E-state index in [1.165, 1.54) is 17.5 Å². The first-order valence-corrected chi connectivity index (χ1v) is 8.68. The van der Waals surface area contributed by atoms with Gasteiger partial charge < -0.3 is 19.8 Å². The zero-order valence-corrected chi connectivity index (χ0v) is 14.9. The first kappa shape index (κ1) is 16.4. The zero-order valence-electron chi connectivity index (χ0n) is 14.9. The molecule has 1 aromatic carbocycles. The molecular formula is C20H21N3O3. The lowest BCUT2D eigenvalue weighted by Gasteiger charge is -2.12. The van der Waals surface area contributed by atoms with Gasteiger partial charge in [-0.25, -0.2) is 0 Å². The molecule has 2 aromatic heterocycles. The maximum Gasteiger partial charge on any atom is 0.253 e. The summed E-state index contributed by atoms with van der Waals surface area (Å²) in [5.41, 5.74) is 4.96. The van der Waals surface area contributed by atoms with Gasteiger partial charge in [-0.2, -0.15) is 4.98 Å². The standard InChI is InChI=1S/C20H21N3O3/c1-25-18-7-6-16(20(23-18)26-2)21-11-15-9-14-8-12-4-3-5-13(12)10-17(14)22-19(15)24/h6-10,21H,3-5,11H2,1-2H3,(H,22,24). The number of benzene rings is 1. The molecule has 6 heteroatoms. The number of hydrogen-bond acceptors (Lipinski definition) is 5. The Labute approximate surface area is 151 Å². The molecular weight excluding hydrogens is 330 g/mol. The molecule has 0 bridgehead atoms. The molecule has 4 rings (SSSR count). The van der Waals surface area contributed by atoms with Crippen molar-refractivity contribution in [3.63, 3.8) is 0 Å². The average Bonchev–Trinajstić information content (AvgIpc) is 3.11. The van der Waals surface area contributed by atoms with Crippen molar-refractivity contribution in [1.82, 2.24) is 9.97 Å². The molecule has 0 fully saturated rings. The van der Waals surface area contributed by atoms with Gasteiger partial charge in [0.1, 0.15) is 0 Å².